The lowest BCUT2D eigenvalue weighted by molar-refractivity contribution is -0.253. The first-order chi connectivity index (χ1) is 26.4. The standard InChI is InChI=1S/C45H54N4O5/c1-2-26-49(38-12-3-4-13-38)30-39-28-42(35-20-18-32(31-50)19-21-35)54-45(53-39)36-24-22-34(23-25-36)37-11-9-10-33(27-37)29-47-43(51)16-7-8-17-44(52)48-41-15-6-5-14-40(41)46/h2,5-6,9-11,14-15,18-25,27,38-39,42,45,50H,1,3-4,7-8,12-13,16-17,26,28-31,46H2,(H,47,51)(H,48,52)/t39-,42+,45+/m0/s1. The summed E-state index contributed by atoms with van der Waals surface area (Å²) in [5.74, 6) is -0.151. The van der Waals surface area contributed by atoms with Gasteiger partial charge in [0.2, 0.25) is 11.8 Å². The molecule has 3 atom stereocenters. The molecule has 9 nitrogen and oxygen atoms in total. The summed E-state index contributed by atoms with van der Waals surface area (Å²) in [5.41, 5.74) is 13.1. The van der Waals surface area contributed by atoms with E-state index in [1.165, 1.54) is 25.7 Å². The van der Waals surface area contributed by atoms with Crippen molar-refractivity contribution in [2.75, 3.05) is 24.1 Å². The van der Waals surface area contributed by atoms with E-state index in [0.717, 1.165) is 52.9 Å². The lowest BCUT2D eigenvalue weighted by Gasteiger charge is -2.39. The molecule has 9 heteroatoms. The maximum absolute atomic E-state index is 12.6. The number of hydrogen-bond acceptors (Lipinski definition) is 7. The molecule has 2 fully saturated rings. The SMILES string of the molecule is C=CCN(C[C@@H]1C[C@H](c2ccc(CO)cc2)O[C@H](c2ccc(-c3cccc(CNC(=O)CCCCC(=O)Nc4ccccc4N)c3)cc2)O1)C1CCCC1. The van der Waals surface area contributed by atoms with Crippen molar-refractivity contribution in [1.29, 1.82) is 0 Å². The van der Waals surface area contributed by atoms with Gasteiger partial charge >= 0.3 is 0 Å². The molecule has 5 N–H and O–H groups in total. The van der Waals surface area contributed by atoms with Crippen LogP contribution in [0.25, 0.3) is 11.1 Å². The van der Waals surface area contributed by atoms with Gasteiger partial charge in [-0.15, -0.1) is 6.58 Å². The van der Waals surface area contributed by atoms with Gasteiger partial charge in [0.1, 0.15) is 0 Å². The number of nitrogens with two attached hydrogens (primary N) is 1. The van der Waals surface area contributed by atoms with Gasteiger partial charge in [-0.25, -0.2) is 0 Å². The Morgan fingerprint density at radius 2 is 1.56 bits per heavy atom. The topological polar surface area (TPSA) is 126 Å². The first kappa shape index (κ1) is 38.9. The molecule has 1 heterocycles. The van der Waals surface area contributed by atoms with Crippen LogP contribution in [0.1, 0.15) is 92.4 Å². The highest BCUT2D eigenvalue weighted by atomic mass is 16.7. The number of benzene rings is 4. The van der Waals surface area contributed by atoms with Gasteiger partial charge in [0.05, 0.1) is 30.2 Å². The van der Waals surface area contributed by atoms with Crippen LogP contribution in [0.4, 0.5) is 11.4 Å². The molecular weight excluding hydrogens is 677 g/mol. The summed E-state index contributed by atoms with van der Waals surface area (Å²) in [6.45, 7) is 6.14. The Kier molecular flexibility index (Phi) is 14.1. The summed E-state index contributed by atoms with van der Waals surface area (Å²) in [6.07, 6.45) is 8.97. The van der Waals surface area contributed by atoms with E-state index in [1.807, 2.05) is 42.5 Å². The second-order valence-corrected chi connectivity index (χ2v) is 14.5. The third kappa shape index (κ3) is 10.9. The Morgan fingerprint density at radius 1 is 0.833 bits per heavy atom. The summed E-state index contributed by atoms with van der Waals surface area (Å²) in [4.78, 5) is 27.4. The summed E-state index contributed by atoms with van der Waals surface area (Å²) >= 11 is 0. The number of nitrogen functional groups attached to an aromatic ring is 1. The number of aliphatic hydroxyl groups is 1. The number of ether oxygens (including phenoxy) is 2. The van der Waals surface area contributed by atoms with Gasteiger partial charge in [-0.1, -0.05) is 97.8 Å². The number of rotatable bonds is 17. The van der Waals surface area contributed by atoms with E-state index in [0.29, 0.717) is 49.6 Å². The van der Waals surface area contributed by atoms with Crippen LogP contribution in [-0.4, -0.2) is 47.1 Å². The van der Waals surface area contributed by atoms with E-state index in [1.54, 1.807) is 12.1 Å². The van der Waals surface area contributed by atoms with Gasteiger partial charge in [0, 0.05) is 50.5 Å². The maximum atomic E-state index is 12.6. The lowest BCUT2D eigenvalue weighted by Crippen LogP contribution is -2.43. The number of carbonyl (C=O) groups excluding carboxylic acids is 2. The van der Waals surface area contributed by atoms with Crippen LogP contribution in [-0.2, 0) is 32.2 Å². The third-order valence-electron chi connectivity index (χ3n) is 10.5. The minimum atomic E-state index is -0.520. The van der Waals surface area contributed by atoms with Crippen molar-refractivity contribution in [2.24, 2.45) is 0 Å². The normalized spacial score (nSPS) is 18.7. The number of amides is 2. The Morgan fingerprint density at radius 3 is 2.28 bits per heavy atom. The largest absolute Gasteiger partial charge is 0.397 e. The van der Waals surface area contributed by atoms with Crippen LogP contribution < -0.4 is 16.4 Å². The predicted molar refractivity (Wildman–Crippen MR) is 214 cm³/mol. The molecule has 4 aromatic rings. The molecule has 0 bridgehead atoms. The van der Waals surface area contributed by atoms with E-state index in [9.17, 15) is 14.7 Å². The second-order valence-electron chi connectivity index (χ2n) is 14.5. The van der Waals surface area contributed by atoms with Crippen molar-refractivity contribution in [1.82, 2.24) is 10.2 Å². The molecule has 0 spiro atoms. The van der Waals surface area contributed by atoms with Crippen LogP contribution in [0.2, 0.25) is 0 Å². The number of nitrogens with one attached hydrogen (secondary N) is 2. The van der Waals surface area contributed by atoms with Gasteiger partial charge in [0.15, 0.2) is 6.29 Å². The first-order valence-electron chi connectivity index (χ1n) is 19.3. The molecule has 1 saturated carbocycles. The molecule has 6 rings (SSSR count). The van der Waals surface area contributed by atoms with Gasteiger partial charge in [-0.05, 0) is 71.7 Å². The Balaban J connectivity index is 1.04. The summed E-state index contributed by atoms with van der Waals surface area (Å²) in [5, 5.41) is 15.4. The van der Waals surface area contributed by atoms with Crippen LogP contribution in [0, 0.1) is 0 Å². The zero-order chi connectivity index (χ0) is 37.7. The van der Waals surface area contributed by atoms with E-state index in [2.05, 4.69) is 70.6 Å². The summed E-state index contributed by atoms with van der Waals surface area (Å²) in [6, 6.07) is 32.3. The minimum Gasteiger partial charge on any atom is -0.397 e. The number of anilines is 2. The molecule has 54 heavy (non-hydrogen) atoms. The molecule has 284 valence electrons. The molecule has 4 aromatic carbocycles. The molecular formula is C45H54N4O5. The van der Waals surface area contributed by atoms with Crippen molar-refractivity contribution in [2.45, 2.75) is 95.5 Å². The number of hydrogen-bond donors (Lipinski definition) is 4. The van der Waals surface area contributed by atoms with Gasteiger partial charge in [-0.3, -0.25) is 14.5 Å². The number of aliphatic hydroxyl groups excluding tert-OH is 1. The Bertz CT molecular complexity index is 1820. The third-order valence-corrected chi connectivity index (χ3v) is 10.5. The van der Waals surface area contributed by atoms with Crippen molar-refractivity contribution in [3.05, 3.63) is 132 Å². The smallest absolute Gasteiger partial charge is 0.224 e. The Hall–Kier alpha value is -4.80. The average molecular weight is 731 g/mol. The summed E-state index contributed by atoms with van der Waals surface area (Å²) in [7, 11) is 0. The lowest BCUT2D eigenvalue weighted by atomic mass is 9.98. The molecule has 2 amide bonds. The fraction of sp³-hybridized carbons (Fsp3) is 0.378. The highest BCUT2D eigenvalue weighted by Crippen LogP contribution is 2.39. The van der Waals surface area contributed by atoms with Crippen molar-refractivity contribution in [3.8, 4) is 11.1 Å². The quantitative estimate of drug-likeness (QED) is 0.0490. The second kappa shape index (κ2) is 19.5. The minimum absolute atomic E-state index is 0.0114. The van der Waals surface area contributed by atoms with Crippen LogP contribution in [0.3, 0.4) is 0 Å². The van der Waals surface area contributed by atoms with Gasteiger partial charge < -0.3 is 30.9 Å². The molecule has 1 saturated heterocycles. The van der Waals surface area contributed by atoms with Crippen LogP contribution >= 0.6 is 0 Å². The molecule has 0 radical (unpaired) electrons. The number of nitrogens with zero attached hydrogens (tertiary/aromatic N) is 1. The highest BCUT2D eigenvalue weighted by Gasteiger charge is 2.34. The predicted octanol–water partition coefficient (Wildman–Crippen LogP) is 8.22. The van der Waals surface area contributed by atoms with Crippen molar-refractivity contribution < 1.29 is 24.2 Å². The number of carbonyl (C=O) groups is 2. The van der Waals surface area contributed by atoms with Crippen molar-refractivity contribution >= 4 is 23.2 Å². The summed E-state index contributed by atoms with van der Waals surface area (Å²) < 4.78 is 13.3. The van der Waals surface area contributed by atoms with E-state index >= 15 is 0 Å². The highest BCUT2D eigenvalue weighted by molar-refractivity contribution is 5.93. The molecule has 1 aliphatic heterocycles. The maximum Gasteiger partial charge on any atom is 0.224 e. The average Bonchev–Trinajstić information content (AvgIpc) is 3.75. The van der Waals surface area contributed by atoms with Crippen molar-refractivity contribution in [3.63, 3.8) is 0 Å². The number of para-hydroxylation sites is 2. The first-order valence-corrected chi connectivity index (χ1v) is 19.3. The van der Waals surface area contributed by atoms with Gasteiger partial charge in [-0.2, -0.15) is 0 Å². The van der Waals surface area contributed by atoms with E-state index in [4.69, 9.17) is 15.2 Å². The molecule has 0 unspecified atom stereocenters. The fourth-order valence-electron chi connectivity index (χ4n) is 7.48. The van der Waals surface area contributed by atoms with Crippen LogP contribution in [0.5, 0.6) is 0 Å². The van der Waals surface area contributed by atoms with Gasteiger partial charge in [0.25, 0.3) is 0 Å². The molecule has 0 aromatic heterocycles. The fourth-order valence-corrected chi connectivity index (χ4v) is 7.48. The van der Waals surface area contributed by atoms with E-state index in [-0.39, 0.29) is 30.6 Å². The zero-order valence-corrected chi connectivity index (χ0v) is 31.1. The monoisotopic (exact) mass is 730 g/mol. The molecule has 1 aliphatic carbocycles. The Labute approximate surface area is 319 Å². The van der Waals surface area contributed by atoms with Crippen LogP contribution in [0.15, 0.2) is 110 Å². The molecule has 2 aliphatic rings. The zero-order valence-electron chi connectivity index (χ0n) is 31.1. The number of unbranched alkanes of at least 4 members (excludes halogenated alkanes) is 1. The van der Waals surface area contributed by atoms with E-state index < -0.39 is 6.29 Å².